The van der Waals surface area contributed by atoms with Gasteiger partial charge in [0, 0.05) is 18.5 Å². The van der Waals surface area contributed by atoms with E-state index in [-0.39, 0.29) is 48.3 Å². The molecule has 0 bridgehead atoms. The summed E-state index contributed by atoms with van der Waals surface area (Å²) < 4.78 is 13.0. The molecule has 8 heteroatoms. The first-order valence-electron chi connectivity index (χ1n) is 9.45. The van der Waals surface area contributed by atoms with Crippen LogP contribution >= 0.6 is 0 Å². The van der Waals surface area contributed by atoms with Crippen molar-refractivity contribution < 1.29 is 28.4 Å². The molecular formula is C22H17FN2O5. The lowest BCUT2D eigenvalue weighted by Crippen LogP contribution is -2.47. The molecule has 1 saturated carbocycles. The number of fused-ring (bicyclic) bond motifs is 1. The molecule has 3 amide bonds. The number of benzene rings is 2. The van der Waals surface area contributed by atoms with Gasteiger partial charge in [0.1, 0.15) is 11.6 Å². The average molecular weight is 408 g/mol. The first kappa shape index (κ1) is 19.6. The Morgan fingerprint density at radius 1 is 1.03 bits per heavy atom. The summed E-state index contributed by atoms with van der Waals surface area (Å²) >= 11 is 0. The summed E-state index contributed by atoms with van der Waals surface area (Å²) in [6, 6.07) is 8.78. The molecule has 0 radical (unpaired) electrons. The van der Waals surface area contributed by atoms with Crippen LogP contribution in [0.2, 0.25) is 0 Å². The summed E-state index contributed by atoms with van der Waals surface area (Å²) in [4.78, 5) is 62.8. The molecule has 1 unspecified atom stereocenters. The molecule has 1 aliphatic heterocycles. The molecule has 0 spiro atoms. The van der Waals surface area contributed by atoms with Crippen LogP contribution in [0.4, 0.5) is 4.39 Å². The molecule has 1 N–H and O–H groups in total. The summed E-state index contributed by atoms with van der Waals surface area (Å²) in [5, 5.41) is 2.65. The number of rotatable bonds is 4. The van der Waals surface area contributed by atoms with Crippen molar-refractivity contribution in [3.05, 3.63) is 70.5 Å². The van der Waals surface area contributed by atoms with Gasteiger partial charge in [0.2, 0.25) is 0 Å². The largest absolute Gasteiger partial charge is 0.348 e. The third kappa shape index (κ3) is 3.41. The third-order valence-electron chi connectivity index (χ3n) is 5.33. The molecule has 7 nitrogen and oxygen atoms in total. The molecular weight excluding hydrogens is 391 g/mol. The number of ketones is 2. The molecule has 4 rings (SSSR count). The summed E-state index contributed by atoms with van der Waals surface area (Å²) in [6.07, 6.45) is -0.0111. The Balaban J connectivity index is 1.56. The van der Waals surface area contributed by atoms with Crippen LogP contribution in [-0.4, -0.2) is 40.2 Å². The summed E-state index contributed by atoms with van der Waals surface area (Å²) in [5.41, 5.74) is 0.999. The second-order valence-electron chi connectivity index (χ2n) is 7.25. The van der Waals surface area contributed by atoms with Crippen LogP contribution in [0, 0.1) is 5.82 Å². The quantitative estimate of drug-likeness (QED) is 0.616. The van der Waals surface area contributed by atoms with Crippen LogP contribution in [0.5, 0.6) is 0 Å². The number of nitrogens with zero attached hydrogens (tertiary/aromatic N) is 1. The average Bonchev–Trinajstić information content (AvgIpc) is 2.98. The molecule has 30 heavy (non-hydrogen) atoms. The van der Waals surface area contributed by atoms with Crippen molar-refractivity contribution in [3.63, 3.8) is 0 Å². The first-order valence-corrected chi connectivity index (χ1v) is 9.45. The van der Waals surface area contributed by atoms with Gasteiger partial charge < -0.3 is 5.32 Å². The van der Waals surface area contributed by atoms with Crippen molar-refractivity contribution in [1.29, 1.82) is 0 Å². The topological polar surface area (TPSA) is 101 Å². The van der Waals surface area contributed by atoms with Gasteiger partial charge in [-0.1, -0.05) is 12.1 Å². The number of imide groups is 1. The van der Waals surface area contributed by atoms with Gasteiger partial charge in [0.25, 0.3) is 17.7 Å². The monoisotopic (exact) mass is 408 g/mol. The maximum atomic E-state index is 13.0. The van der Waals surface area contributed by atoms with E-state index in [1.165, 1.54) is 30.3 Å². The lowest BCUT2D eigenvalue weighted by atomic mass is 9.92. The van der Waals surface area contributed by atoms with Gasteiger partial charge in [-0.2, -0.15) is 0 Å². The third-order valence-corrected chi connectivity index (χ3v) is 5.33. The lowest BCUT2D eigenvalue weighted by molar-refractivity contribution is -0.132. The smallest absolute Gasteiger partial charge is 0.262 e. The van der Waals surface area contributed by atoms with Crippen LogP contribution in [0.25, 0.3) is 0 Å². The number of Topliss-reactive ketones (excluding diaryl/α,β-unsaturated/α-hetero) is 2. The van der Waals surface area contributed by atoms with Crippen molar-refractivity contribution in [2.24, 2.45) is 0 Å². The molecule has 0 saturated heterocycles. The second-order valence-corrected chi connectivity index (χ2v) is 7.25. The Hall–Kier alpha value is -3.68. The van der Waals surface area contributed by atoms with Gasteiger partial charge in [-0.25, -0.2) is 4.39 Å². The zero-order valence-electron chi connectivity index (χ0n) is 15.8. The zero-order valence-corrected chi connectivity index (χ0v) is 15.8. The maximum absolute atomic E-state index is 13.0. The highest BCUT2D eigenvalue weighted by molar-refractivity contribution is 6.24. The maximum Gasteiger partial charge on any atom is 0.262 e. The Morgan fingerprint density at radius 2 is 1.77 bits per heavy atom. The van der Waals surface area contributed by atoms with E-state index < -0.39 is 35.4 Å². The number of nitrogens with one attached hydrogen (secondary N) is 1. The van der Waals surface area contributed by atoms with Crippen LogP contribution < -0.4 is 5.32 Å². The van der Waals surface area contributed by atoms with E-state index in [0.29, 0.717) is 5.56 Å². The molecule has 152 valence electrons. The number of carbonyl (C=O) groups is 5. The van der Waals surface area contributed by atoms with E-state index in [1.54, 1.807) is 12.1 Å². The normalized spacial score (nSPS) is 18.6. The van der Waals surface area contributed by atoms with Gasteiger partial charge >= 0.3 is 0 Å². The molecule has 1 aliphatic carbocycles. The van der Waals surface area contributed by atoms with E-state index in [9.17, 15) is 28.4 Å². The standard InChI is InChI=1S/C22H17FN2O5/c23-14-6-4-12(5-7-14)20(28)24-11-13-2-1-3-16-19(13)22(30)25(21(16)29)17-9-8-15(26)10-18(17)27/h1-7,17H,8-11H2,(H,24,28). The minimum Gasteiger partial charge on any atom is -0.348 e. The highest BCUT2D eigenvalue weighted by Gasteiger charge is 2.45. The minimum absolute atomic E-state index is 0.0245. The van der Waals surface area contributed by atoms with E-state index in [0.717, 1.165) is 4.90 Å². The molecule has 1 fully saturated rings. The fraction of sp³-hybridized carbons (Fsp3) is 0.227. The second kappa shape index (κ2) is 7.62. The Kier molecular flexibility index (Phi) is 4.99. The Labute approximate surface area is 170 Å². The molecule has 0 aromatic heterocycles. The van der Waals surface area contributed by atoms with Crippen LogP contribution in [0.3, 0.4) is 0 Å². The minimum atomic E-state index is -0.947. The van der Waals surface area contributed by atoms with Crippen molar-refractivity contribution >= 4 is 29.3 Å². The van der Waals surface area contributed by atoms with Gasteiger partial charge in [-0.3, -0.25) is 28.9 Å². The predicted octanol–water partition coefficient (Wildman–Crippen LogP) is 2.04. The Morgan fingerprint density at radius 3 is 2.47 bits per heavy atom. The zero-order chi connectivity index (χ0) is 21.4. The van der Waals surface area contributed by atoms with E-state index in [2.05, 4.69) is 5.32 Å². The first-order chi connectivity index (χ1) is 14.4. The van der Waals surface area contributed by atoms with E-state index >= 15 is 0 Å². The van der Waals surface area contributed by atoms with E-state index in [4.69, 9.17) is 0 Å². The van der Waals surface area contributed by atoms with Crippen molar-refractivity contribution in [1.82, 2.24) is 10.2 Å². The SMILES string of the molecule is O=C1CCC(N2C(=O)c3cccc(CNC(=O)c4ccc(F)cc4)c3C2=O)C(=O)C1. The molecule has 2 aliphatic rings. The fourth-order valence-electron chi connectivity index (χ4n) is 3.81. The van der Waals surface area contributed by atoms with Crippen molar-refractivity contribution in [2.45, 2.75) is 31.8 Å². The van der Waals surface area contributed by atoms with Crippen LogP contribution in [0.15, 0.2) is 42.5 Å². The van der Waals surface area contributed by atoms with Gasteiger partial charge in [0.05, 0.1) is 23.6 Å². The lowest BCUT2D eigenvalue weighted by Gasteiger charge is -2.27. The molecule has 2 aromatic rings. The van der Waals surface area contributed by atoms with E-state index in [1.807, 2.05) is 0 Å². The van der Waals surface area contributed by atoms with Gasteiger partial charge in [-0.15, -0.1) is 0 Å². The summed E-state index contributed by atoms with van der Waals surface area (Å²) in [7, 11) is 0. The highest BCUT2D eigenvalue weighted by atomic mass is 19.1. The van der Waals surface area contributed by atoms with Crippen molar-refractivity contribution in [3.8, 4) is 0 Å². The number of amides is 3. The predicted molar refractivity (Wildman–Crippen MR) is 102 cm³/mol. The fourth-order valence-corrected chi connectivity index (χ4v) is 3.81. The molecule has 1 atom stereocenters. The highest BCUT2D eigenvalue weighted by Crippen LogP contribution is 2.31. The van der Waals surface area contributed by atoms with Crippen LogP contribution in [-0.2, 0) is 16.1 Å². The Bertz CT molecular complexity index is 1090. The van der Waals surface area contributed by atoms with Gasteiger partial charge in [0.15, 0.2) is 5.78 Å². The van der Waals surface area contributed by atoms with Gasteiger partial charge in [-0.05, 0) is 42.3 Å². The number of hydrogen-bond donors (Lipinski definition) is 1. The molecule has 2 aromatic carbocycles. The number of carbonyl (C=O) groups excluding carboxylic acids is 5. The van der Waals surface area contributed by atoms with Crippen LogP contribution in [0.1, 0.15) is 55.9 Å². The summed E-state index contributed by atoms with van der Waals surface area (Å²) in [6.45, 7) is -0.0245. The number of hydrogen-bond acceptors (Lipinski definition) is 5. The summed E-state index contributed by atoms with van der Waals surface area (Å²) in [5.74, 6) is -2.73. The number of halogens is 1. The van der Waals surface area contributed by atoms with Crippen molar-refractivity contribution in [2.75, 3.05) is 0 Å². The molecule has 1 heterocycles.